The molecule has 0 fully saturated rings. The fraction of sp³-hybridized carbons (Fsp3) is 0.333. The molecule has 0 radical (unpaired) electrons. The number of rotatable bonds is 3. The van der Waals surface area contributed by atoms with Gasteiger partial charge in [0.05, 0.1) is 0 Å². The second-order valence-corrected chi connectivity index (χ2v) is 3.68. The van der Waals surface area contributed by atoms with Crippen molar-refractivity contribution in [2.45, 2.75) is 13.3 Å². The topological polar surface area (TPSA) is 12.0 Å². The van der Waals surface area contributed by atoms with E-state index in [1.165, 1.54) is 15.7 Å². The van der Waals surface area contributed by atoms with Crippen LogP contribution < -0.4 is 5.32 Å². The van der Waals surface area contributed by atoms with Crippen molar-refractivity contribution in [3.63, 3.8) is 0 Å². The van der Waals surface area contributed by atoms with Crippen LogP contribution in [0.3, 0.4) is 0 Å². The Labute approximate surface area is 81.3 Å². The average Bonchev–Trinajstić information content (AvgIpc) is 2.04. The summed E-state index contributed by atoms with van der Waals surface area (Å²) >= 11 is 2.31. The predicted molar refractivity (Wildman–Crippen MR) is 57.9 cm³/mol. The van der Waals surface area contributed by atoms with Gasteiger partial charge < -0.3 is 5.32 Å². The molecule has 1 rings (SSSR count). The van der Waals surface area contributed by atoms with Crippen LogP contribution in [0.5, 0.6) is 0 Å². The lowest BCUT2D eigenvalue weighted by molar-refractivity contribution is 0.980. The summed E-state index contributed by atoms with van der Waals surface area (Å²) < 4.78 is 1.28. The molecule has 0 spiro atoms. The van der Waals surface area contributed by atoms with E-state index in [1.807, 2.05) is 0 Å². The predicted octanol–water partition coefficient (Wildman–Crippen LogP) is 3.11. The highest BCUT2D eigenvalue weighted by Crippen LogP contribution is 2.10. The Hall–Kier alpha value is -0.250. The van der Waals surface area contributed by atoms with Gasteiger partial charge in [-0.15, -0.1) is 0 Å². The third-order valence-electron chi connectivity index (χ3n) is 1.42. The maximum absolute atomic E-state index is 3.32. The third kappa shape index (κ3) is 3.10. The molecule has 0 heterocycles. The Morgan fingerprint density at radius 1 is 1.27 bits per heavy atom. The summed E-state index contributed by atoms with van der Waals surface area (Å²) in [6.45, 7) is 3.22. The van der Waals surface area contributed by atoms with Gasteiger partial charge in [-0.3, -0.25) is 0 Å². The number of anilines is 1. The van der Waals surface area contributed by atoms with Crippen LogP contribution in [0.2, 0.25) is 0 Å². The number of halogens is 1. The monoisotopic (exact) mass is 261 g/mol. The molecule has 0 aliphatic rings. The average molecular weight is 261 g/mol. The molecular formula is C9H12IN. The molecule has 0 unspecified atom stereocenters. The molecule has 0 saturated carbocycles. The van der Waals surface area contributed by atoms with Crippen molar-refractivity contribution < 1.29 is 0 Å². The summed E-state index contributed by atoms with van der Waals surface area (Å²) in [5.41, 5.74) is 1.22. The van der Waals surface area contributed by atoms with Crippen molar-refractivity contribution in [2.75, 3.05) is 11.9 Å². The quantitative estimate of drug-likeness (QED) is 0.824. The summed E-state index contributed by atoms with van der Waals surface area (Å²) in [6.07, 6.45) is 1.17. The maximum atomic E-state index is 3.32. The molecule has 0 aliphatic heterocycles. The molecule has 2 heteroatoms. The van der Waals surface area contributed by atoms with Crippen molar-refractivity contribution in [1.82, 2.24) is 0 Å². The lowest BCUT2D eigenvalue weighted by atomic mass is 10.3. The molecule has 11 heavy (non-hydrogen) atoms. The Bertz CT molecular complexity index is 205. The molecular weight excluding hydrogens is 249 g/mol. The standard InChI is InChI=1S/C9H12IN/c1-2-7-11-9-5-3-8(10)4-6-9/h3-6,11H,2,7H2,1H3. The van der Waals surface area contributed by atoms with E-state index < -0.39 is 0 Å². The number of hydrogen-bond acceptors (Lipinski definition) is 1. The summed E-state index contributed by atoms with van der Waals surface area (Å²) in [6, 6.07) is 8.44. The first-order chi connectivity index (χ1) is 5.33. The van der Waals surface area contributed by atoms with Crippen LogP contribution in [0, 0.1) is 3.57 Å². The van der Waals surface area contributed by atoms with E-state index in [4.69, 9.17) is 0 Å². The van der Waals surface area contributed by atoms with Crippen molar-refractivity contribution in [2.24, 2.45) is 0 Å². The summed E-state index contributed by atoms with van der Waals surface area (Å²) in [5, 5.41) is 3.32. The lowest BCUT2D eigenvalue weighted by Gasteiger charge is -2.03. The van der Waals surface area contributed by atoms with Crippen LogP contribution in [0.4, 0.5) is 5.69 Å². The molecule has 60 valence electrons. The van der Waals surface area contributed by atoms with Gasteiger partial charge in [0, 0.05) is 15.8 Å². The summed E-state index contributed by atoms with van der Waals surface area (Å²) in [7, 11) is 0. The minimum atomic E-state index is 1.06. The van der Waals surface area contributed by atoms with Gasteiger partial charge in [-0.05, 0) is 53.3 Å². The summed E-state index contributed by atoms with van der Waals surface area (Å²) in [5.74, 6) is 0. The highest BCUT2D eigenvalue weighted by atomic mass is 127. The molecule has 1 aromatic rings. The zero-order valence-corrected chi connectivity index (χ0v) is 8.76. The van der Waals surface area contributed by atoms with Crippen LogP contribution >= 0.6 is 22.6 Å². The van der Waals surface area contributed by atoms with Crippen LogP contribution in [0.15, 0.2) is 24.3 Å². The van der Waals surface area contributed by atoms with Crippen LogP contribution in [-0.4, -0.2) is 6.54 Å². The van der Waals surface area contributed by atoms with Crippen LogP contribution in [0.1, 0.15) is 13.3 Å². The van der Waals surface area contributed by atoms with Gasteiger partial charge in [0.1, 0.15) is 0 Å². The zero-order valence-electron chi connectivity index (χ0n) is 6.60. The molecule has 0 aromatic heterocycles. The normalized spacial score (nSPS) is 9.64. The third-order valence-corrected chi connectivity index (χ3v) is 2.14. The van der Waals surface area contributed by atoms with Crippen LogP contribution in [-0.2, 0) is 0 Å². The van der Waals surface area contributed by atoms with E-state index in [9.17, 15) is 0 Å². The number of hydrogen-bond donors (Lipinski definition) is 1. The second-order valence-electron chi connectivity index (χ2n) is 2.43. The highest BCUT2D eigenvalue weighted by molar-refractivity contribution is 14.1. The SMILES string of the molecule is CCCNc1ccc(I)cc1. The van der Waals surface area contributed by atoms with Gasteiger partial charge in [0.25, 0.3) is 0 Å². The minimum Gasteiger partial charge on any atom is -0.385 e. The van der Waals surface area contributed by atoms with Crippen LogP contribution in [0.25, 0.3) is 0 Å². The molecule has 0 amide bonds. The second kappa shape index (κ2) is 4.59. The van der Waals surface area contributed by atoms with E-state index >= 15 is 0 Å². The number of benzene rings is 1. The van der Waals surface area contributed by atoms with E-state index in [2.05, 4.69) is 59.1 Å². The zero-order chi connectivity index (χ0) is 8.10. The molecule has 0 aliphatic carbocycles. The fourth-order valence-electron chi connectivity index (χ4n) is 0.837. The Morgan fingerprint density at radius 2 is 1.91 bits per heavy atom. The molecule has 1 nitrogen and oxygen atoms in total. The van der Waals surface area contributed by atoms with E-state index in [0.29, 0.717) is 0 Å². The van der Waals surface area contributed by atoms with Gasteiger partial charge in [0.2, 0.25) is 0 Å². The van der Waals surface area contributed by atoms with E-state index in [1.54, 1.807) is 0 Å². The molecule has 0 bridgehead atoms. The smallest absolute Gasteiger partial charge is 0.0340 e. The molecule has 1 N–H and O–H groups in total. The van der Waals surface area contributed by atoms with Crippen molar-refractivity contribution in [3.8, 4) is 0 Å². The van der Waals surface area contributed by atoms with Crippen molar-refractivity contribution in [1.29, 1.82) is 0 Å². The first kappa shape index (κ1) is 8.84. The Kier molecular flexibility index (Phi) is 3.69. The van der Waals surface area contributed by atoms with Gasteiger partial charge in [-0.2, -0.15) is 0 Å². The lowest BCUT2D eigenvalue weighted by Crippen LogP contribution is -1.98. The maximum Gasteiger partial charge on any atom is 0.0340 e. The molecule has 0 atom stereocenters. The largest absolute Gasteiger partial charge is 0.385 e. The van der Waals surface area contributed by atoms with E-state index in [-0.39, 0.29) is 0 Å². The van der Waals surface area contributed by atoms with Gasteiger partial charge >= 0.3 is 0 Å². The van der Waals surface area contributed by atoms with E-state index in [0.717, 1.165) is 6.54 Å². The van der Waals surface area contributed by atoms with Crippen molar-refractivity contribution in [3.05, 3.63) is 27.8 Å². The fourth-order valence-corrected chi connectivity index (χ4v) is 1.20. The van der Waals surface area contributed by atoms with Gasteiger partial charge in [-0.1, -0.05) is 6.92 Å². The first-order valence-corrected chi connectivity index (χ1v) is 4.90. The first-order valence-electron chi connectivity index (χ1n) is 3.82. The highest BCUT2D eigenvalue weighted by Gasteiger charge is 1.88. The Morgan fingerprint density at radius 3 is 2.45 bits per heavy atom. The summed E-state index contributed by atoms with van der Waals surface area (Å²) in [4.78, 5) is 0. The Balaban J connectivity index is 2.52. The molecule has 0 saturated heterocycles. The number of nitrogens with one attached hydrogen (secondary N) is 1. The minimum absolute atomic E-state index is 1.06. The van der Waals surface area contributed by atoms with Gasteiger partial charge in [-0.25, -0.2) is 0 Å². The van der Waals surface area contributed by atoms with Gasteiger partial charge in [0.15, 0.2) is 0 Å². The molecule has 1 aromatic carbocycles. The van der Waals surface area contributed by atoms with Crippen molar-refractivity contribution >= 4 is 28.3 Å².